The molecule has 0 aromatic heterocycles. The summed E-state index contributed by atoms with van der Waals surface area (Å²) in [5, 5.41) is 3.21. The lowest BCUT2D eigenvalue weighted by atomic mass is 10.1. The number of nitrogens with zero attached hydrogens (tertiary/aromatic N) is 1. The fraction of sp³-hybridized carbons (Fsp3) is 0.269. The van der Waals surface area contributed by atoms with Crippen LogP contribution in [0.5, 0.6) is 17.2 Å². The third-order valence-corrected chi connectivity index (χ3v) is 7.33. The van der Waals surface area contributed by atoms with Crippen LogP contribution in [0.2, 0.25) is 5.02 Å². The largest absolute Gasteiger partial charge is 0.493 e. The van der Waals surface area contributed by atoms with Crippen molar-refractivity contribution in [1.29, 1.82) is 0 Å². The molecule has 3 aromatic carbocycles. The van der Waals surface area contributed by atoms with Crippen molar-refractivity contribution in [3.8, 4) is 17.2 Å². The molecule has 0 bridgehead atoms. The molecule has 36 heavy (non-hydrogen) atoms. The SMILES string of the molecule is CCOc1ccccc1N(CC(=O)NCCc1ccc(OC)c(OC)c1)S(=O)(=O)c1ccc(Cl)cc1. The first-order chi connectivity index (χ1) is 17.3. The van der Waals surface area contributed by atoms with Crippen molar-refractivity contribution >= 4 is 33.2 Å². The summed E-state index contributed by atoms with van der Waals surface area (Å²) >= 11 is 5.95. The van der Waals surface area contributed by atoms with Crippen molar-refractivity contribution in [2.45, 2.75) is 18.2 Å². The number of sulfonamides is 1. The molecule has 8 nitrogen and oxygen atoms in total. The van der Waals surface area contributed by atoms with Crippen molar-refractivity contribution in [3.63, 3.8) is 0 Å². The third-order valence-electron chi connectivity index (χ3n) is 5.31. The van der Waals surface area contributed by atoms with E-state index in [1.165, 1.54) is 24.3 Å². The Morgan fingerprint density at radius 2 is 1.64 bits per heavy atom. The topological polar surface area (TPSA) is 94.2 Å². The summed E-state index contributed by atoms with van der Waals surface area (Å²) in [5.74, 6) is 1.10. The minimum atomic E-state index is -4.10. The van der Waals surface area contributed by atoms with E-state index in [-0.39, 0.29) is 10.6 Å². The van der Waals surface area contributed by atoms with Gasteiger partial charge in [-0.1, -0.05) is 29.8 Å². The minimum absolute atomic E-state index is 0.0105. The zero-order chi connectivity index (χ0) is 26.1. The number of carbonyl (C=O) groups excluding carboxylic acids is 1. The summed E-state index contributed by atoms with van der Waals surface area (Å²) in [5.41, 5.74) is 1.20. The van der Waals surface area contributed by atoms with Crippen molar-refractivity contribution < 1.29 is 27.4 Å². The van der Waals surface area contributed by atoms with Crippen LogP contribution in [0.15, 0.2) is 71.6 Å². The highest BCUT2D eigenvalue weighted by atomic mass is 35.5. The quantitative estimate of drug-likeness (QED) is 0.373. The van der Waals surface area contributed by atoms with Crippen LogP contribution in [0.4, 0.5) is 5.69 Å². The molecule has 0 atom stereocenters. The third kappa shape index (κ3) is 6.61. The number of amides is 1. The van der Waals surface area contributed by atoms with Crippen LogP contribution >= 0.6 is 11.6 Å². The van der Waals surface area contributed by atoms with Crippen LogP contribution in [-0.4, -0.2) is 48.2 Å². The first kappa shape index (κ1) is 27.2. The van der Waals surface area contributed by atoms with Crippen molar-refractivity contribution in [3.05, 3.63) is 77.3 Å². The van der Waals surface area contributed by atoms with Gasteiger partial charge in [-0.05, 0) is 67.4 Å². The Labute approximate surface area is 216 Å². The van der Waals surface area contributed by atoms with Gasteiger partial charge in [-0.2, -0.15) is 0 Å². The molecule has 0 aliphatic carbocycles. The molecule has 0 aliphatic rings. The van der Waals surface area contributed by atoms with Crippen LogP contribution < -0.4 is 23.8 Å². The van der Waals surface area contributed by atoms with E-state index >= 15 is 0 Å². The Morgan fingerprint density at radius 1 is 0.944 bits per heavy atom. The highest BCUT2D eigenvalue weighted by Gasteiger charge is 2.29. The second kappa shape index (κ2) is 12.5. The van der Waals surface area contributed by atoms with E-state index in [2.05, 4.69) is 5.32 Å². The number of nitrogens with one attached hydrogen (secondary N) is 1. The summed E-state index contributed by atoms with van der Waals surface area (Å²) in [6.45, 7) is 2.01. The van der Waals surface area contributed by atoms with E-state index in [0.717, 1.165) is 9.87 Å². The summed E-state index contributed by atoms with van der Waals surface area (Å²) in [4.78, 5) is 12.9. The number of rotatable bonds is 12. The zero-order valence-corrected chi connectivity index (χ0v) is 21.9. The highest BCUT2D eigenvalue weighted by Crippen LogP contribution is 2.33. The maximum absolute atomic E-state index is 13.6. The second-order valence-corrected chi connectivity index (χ2v) is 9.95. The smallest absolute Gasteiger partial charge is 0.264 e. The van der Waals surface area contributed by atoms with Gasteiger partial charge in [-0.3, -0.25) is 9.10 Å². The van der Waals surface area contributed by atoms with Crippen molar-refractivity contribution in [2.24, 2.45) is 0 Å². The van der Waals surface area contributed by atoms with Gasteiger partial charge in [-0.25, -0.2) is 8.42 Å². The fourth-order valence-electron chi connectivity index (χ4n) is 3.54. The number of methoxy groups -OCH3 is 2. The van der Waals surface area contributed by atoms with E-state index in [9.17, 15) is 13.2 Å². The number of hydrogen-bond donors (Lipinski definition) is 1. The Morgan fingerprint density at radius 3 is 2.31 bits per heavy atom. The number of benzene rings is 3. The maximum atomic E-state index is 13.6. The first-order valence-electron chi connectivity index (χ1n) is 11.3. The molecule has 0 radical (unpaired) electrons. The van der Waals surface area contributed by atoms with Crippen LogP contribution in [0.3, 0.4) is 0 Å². The minimum Gasteiger partial charge on any atom is -0.493 e. The number of halogens is 1. The van der Waals surface area contributed by atoms with Crippen molar-refractivity contribution in [1.82, 2.24) is 5.32 Å². The highest BCUT2D eigenvalue weighted by molar-refractivity contribution is 7.92. The molecule has 3 rings (SSSR count). The lowest BCUT2D eigenvalue weighted by molar-refractivity contribution is -0.119. The number of para-hydroxylation sites is 2. The molecule has 1 N–H and O–H groups in total. The Hall–Kier alpha value is -3.43. The molecule has 0 unspecified atom stereocenters. The normalized spacial score (nSPS) is 11.0. The standard InChI is InChI=1S/C26H29ClN2O6S/c1-4-35-23-8-6-5-7-22(23)29(36(31,32)21-12-10-20(27)11-13-21)18-26(30)28-16-15-19-9-14-24(33-2)25(17-19)34-3/h5-14,17H,4,15-16,18H2,1-3H3,(H,28,30). The monoisotopic (exact) mass is 532 g/mol. The van der Waals surface area contributed by atoms with Gasteiger partial charge < -0.3 is 19.5 Å². The summed E-state index contributed by atoms with van der Waals surface area (Å²) < 4.78 is 44.4. The average molecular weight is 533 g/mol. The van der Waals surface area contributed by atoms with Crippen LogP contribution in [-0.2, 0) is 21.2 Å². The fourth-order valence-corrected chi connectivity index (χ4v) is 5.10. The van der Waals surface area contributed by atoms with Gasteiger partial charge >= 0.3 is 0 Å². The molecular formula is C26H29ClN2O6S. The lowest BCUT2D eigenvalue weighted by Crippen LogP contribution is -2.41. The molecule has 0 fully saturated rings. The lowest BCUT2D eigenvalue weighted by Gasteiger charge is -2.26. The average Bonchev–Trinajstić information content (AvgIpc) is 2.88. The predicted molar refractivity (Wildman–Crippen MR) is 140 cm³/mol. The number of hydrogen-bond acceptors (Lipinski definition) is 6. The zero-order valence-electron chi connectivity index (χ0n) is 20.4. The Balaban J connectivity index is 1.80. The first-order valence-corrected chi connectivity index (χ1v) is 13.1. The Bertz CT molecular complexity index is 1280. The molecule has 0 heterocycles. The summed E-state index contributed by atoms with van der Waals surface area (Å²) in [6, 6.07) is 18.0. The molecule has 3 aromatic rings. The van der Waals surface area contributed by atoms with Crippen molar-refractivity contribution in [2.75, 3.05) is 38.2 Å². The molecule has 0 saturated carbocycles. The van der Waals surface area contributed by atoms with Gasteiger partial charge in [0.2, 0.25) is 5.91 Å². The molecule has 1 amide bonds. The van der Waals surface area contributed by atoms with Gasteiger partial charge in [0.15, 0.2) is 11.5 Å². The molecule has 0 spiro atoms. The summed E-state index contributed by atoms with van der Waals surface area (Å²) in [7, 11) is -0.982. The van der Waals surface area contributed by atoms with Gasteiger partial charge in [0.25, 0.3) is 10.0 Å². The van der Waals surface area contributed by atoms with Gasteiger partial charge in [0, 0.05) is 11.6 Å². The van der Waals surface area contributed by atoms with E-state index in [1.54, 1.807) is 51.5 Å². The second-order valence-electron chi connectivity index (χ2n) is 7.66. The van der Waals surface area contributed by atoms with Crippen LogP contribution in [0.25, 0.3) is 0 Å². The van der Waals surface area contributed by atoms with E-state index in [0.29, 0.717) is 41.8 Å². The molecule has 0 saturated heterocycles. The van der Waals surface area contributed by atoms with E-state index in [1.807, 2.05) is 12.1 Å². The number of anilines is 1. The van der Waals surface area contributed by atoms with Gasteiger partial charge in [-0.15, -0.1) is 0 Å². The van der Waals surface area contributed by atoms with Gasteiger partial charge in [0.1, 0.15) is 12.3 Å². The van der Waals surface area contributed by atoms with Gasteiger partial charge in [0.05, 0.1) is 31.4 Å². The predicted octanol–water partition coefficient (Wildman–Crippen LogP) is 4.31. The molecule has 10 heteroatoms. The van der Waals surface area contributed by atoms with Crippen LogP contribution in [0, 0.1) is 0 Å². The maximum Gasteiger partial charge on any atom is 0.264 e. The van der Waals surface area contributed by atoms with E-state index in [4.69, 9.17) is 25.8 Å². The number of carbonyl (C=O) groups is 1. The molecular weight excluding hydrogens is 504 g/mol. The van der Waals surface area contributed by atoms with Crippen LogP contribution in [0.1, 0.15) is 12.5 Å². The Kier molecular flexibility index (Phi) is 9.44. The molecule has 0 aliphatic heterocycles. The molecule has 192 valence electrons. The summed E-state index contributed by atoms with van der Waals surface area (Å²) in [6.07, 6.45) is 0.519. The van der Waals surface area contributed by atoms with E-state index < -0.39 is 22.5 Å². The number of ether oxygens (including phenoxy) is 3.